The first kappa shape index (κ1) is 29.1. The van der Waals surface area contributed by atoms with Gasteiger partial charge in [-0.25, -0.2) is 9.59 Å². The van der Waals surface area contributed by atoms with Gasteiger partial charge in [0.2, 0.25) is 0 Å². The average Bonchev–Trinajstić information content (AvgIpc) is 2.73. The number of likely N-dealkylation sites (N-methyl/N-ethyl adjacent to an activating group) is 2. The molecule has 0 spiro atoms. The first-order valence-corrected chi connectivity index (χ1v) is 11.6. The van der Waals surface area contributed by atoms with Crippen molar-refractivity contribution >= 4 is 12.0 Å². The molecule has 0 saturated heterocycles. The van der Waals surface area contributed by atoms with Gasteiger partial charge in [-0.2, -0.15) is 0 Å². The van der Waals surface area contributed by atoms with E-state index in [9.17, 15) is 9.59 Å². The molecular formula is C24H46N4O3. The van der Waals surface area contributed by atoms with Crippen molar-refractivity contribution in [1.29, 1.82) is 0 Å². The topological polar surface area (TPSA) is 73.9 Å². The van der Waals surface area contributed by atoms with E-state index in [0.717, 1.165) is 37.8 Å². The number of rotatable bonds is 10. The Morgan fingerprint density at radius 3 is 2.16 bits per heavy atom. The number of amides is 2. The second-order valence-electron chi connectivity index (χ2n) is 8.22. The minimum Gasteiger partial charge on any atom is -0.459 e. The van der Waals surface area contributed by atoms with E-state index < -0.39 is 5.54 Å². The van der Waals surface area contributed by atoms with Gasteiger partial charge in [-0.05, 0) is 66.9 Å². The van der Waals surface area contributed by atoms with Gasteiger partial charge in [0.15, 0.2) is 0 Å². The third kappa shape index (κ3) is 11.4. The maximum Gasteiger partial charge on any atom is 0.332 e. The Morgan fingerprint density at radius 1 is 1.06 bits per heavy atom. The van der Waals surface area contributed by atoms with Gasteiger partial charge in [0.1, 0.15) is 12.1 Å². The Balaban J connectivity index is 0.00000282. The molecule has 0 aromatic carbocycles. The maximum atomic E-state index is 13.0. The lowest BCUT2D eigenvalue weighted by atomic mass is 9.81. The van der Waals surface area contributed by atoms with E-state index in [0.29, 0.717) is 25.9 Å². The summed E-state index contributed by atoms with van der Waals surface area (Å²) in [5, 5.41) is 5.80. The number of hydrogen-bond acceptors (Lipinski definition) is 5. The predicted octanol–water partition coefficient (Wildman–Crippen LogP) is 3.57. The number of hydrogen-bond donors (Lipinski definition) is 2. The van der Waals surface area contributed by atoms with Crippen LogP contribution in [0.15, 0.2) is 23.8 Å². The lowest BCUT2D eigenvalue weighted by molar-refractivity contribution is -0.151. The van der Waals surface area contributed by atoms with Gasteiger partial charge < -0.3 is 25.2 Å². The number of nitrogens with one attached hydrogen (secondary N) is 2. The molecule has 180 valence electrons. The van der Waals surface area contributed by atoms with Crippen molar-refractivity contribution in [3.63, 3.8) is 0 Å². The summed E-state index contributed by atoms with van der Waals surface area (Å²) in [6, 6.07) is -0.180. The molecule has 0 aromatic rings. The van der Waals surface area contributed by atoms with E-state index >= 15 is 0 Å². The van der Waals surface area contributed by atoms with Crippen LogP contribution in [0.3, 0.4) is 0 Å². The highest BCUT2D eigenvalue weighted by Crippen LogP contribution is 2.30. The van der Waals surface area contributed by atoms with E-state index in [1.165, 1.54) is 0 Å². The van der Waals surface area contributed by atoms with Gasteiger partial charge in [0.05, 0.1) is 0 Å². The van der Waals surface area contributed by atoms with Crippen molar-refractivity contribution in [2.45, 2.75) is 64.8 Å². The number of esters is 1. The molecule has 1 rings (SSSR count). The lowest BCUT2D eigenvalue weighted by Crippen LogP contribution is -2.59. The Labute approximate surface area is 190 Å². The molecule has 7 heteroatoms. The molecule has 1 fully saturated rings. The summed E-state index contributed by atoms with van der Waals surface area (Å²) in [4.78, 5) is 29.7. The largest absolute Gasteiger partial charge is 0.459 e. The molecule has 0 radical (unpaired) electrons. The molecule has 0 unspecified atom stereocenters. The quantitative estimate of drug-likeness (QED) is 0.403. The van der Waals surface area contributed by atoms with Gasteiger partial charge in [-0.15, -0.1) is 0 Å². The van der Waals surface area contributed by atoms with Crippen LogP contribution in [0.25, 0.3) is 0 Å². The van der Waals surface area contributed by atoms with Crippen LogP contribution in [-0.4, -0.2) is 81.8 Å². The second kappa shape index (κ2) is 16.8. The molecular weight excluding hydrogens is 392 g/mol. The minimum atomic E-state index is -0.909. The van der Waals surface area contributed by atoms with E-state index in [2.05, 4.69) is 23.6 Å². The molecule has 0 atom stereocenters. The molecule has 0 bridgehead atoms. The maximum absolute atomic E-state index is 13.0. The number of nitrogens with zero attached hydrogens (tertiary/aromatic N) is 2. The smallest absolute Gasteiger partial charge is 0.332 e. The SMILES string of the molecule is C/C=C\C(=C/CC)COC(=O)C1(NC(=O)N(CC)CCN(C)C)CCCCC1.CNC. The van der Waals surface area contributed by atoms with E-state index in [1.807, 2.05) is 59.1 Å². The van der Waals surface area contributed by atoms with Crippen molar-refractivity contribution in [3.8, 4) is 0 Å². The van der Waals surface area contributed by atoms with Gasteiger partial charge in [-0.3, -0.25) is 0 Å². The zero-order valence-corrected chi connectivity index (χ0v) is 20.9. The molecule has 1 aliphatic rings. The number of allylic oxidation sites excluding steroid dienone is 2. The van der Waals surface area contributed by atoms with E-state index in [4.69, 9.17) is 4.74 Å². The molecule has 0 aromatic heterocycles. The van der Waals surface area contributed by atoms with E-state index in [-0.39, 0.29) is 18.6 Å². The summed E-state index contributed by atoms with van der Waals surface area (Å²) in [7, 11) is 7.72. The molecule has 0 heterocycles. The highest BCUT2D eigenvalue weighted by atomic mass is 16.5. The van der Waals surface area contributed by atoms with Crippen molar-refractivity contribution in [2.75, 3.05) is 54.4 Å². The number of urea groups is 1. The zero-order chi connectivity index (χ0) is 23.7. The fourth-order valence-electron chi connectivity index (χ4n) is 3.48. The van der Waals surface area contributed by atoms with E-state index in [1.54, 1.807) is 4.90 Å². The summed E-state index contributed by atoms with van der Waals surface area (Å²) in [5.74, 6) is -0.310. The summed E-state index contributed by atoms with van der Waals surface area (Å²) >= 11 is 0. The minimum absolute atomic E-state index is 0.180. The van der Waals surface area contributed by atoms with Crippen molar-refractivity contribution in [2.24, 2.45) is 0 Å². The summed E-state index contributed by atoms with van der Waals surface area (Å²) < 4.78 is 5.66. The number of carbonyl (C=O) groups excluding carboxylic acids is 2. The zero-order valence-electron chi connectivity index (χ0n) is 20.9. The van der Waals surface area contributed by atoms with Crippen LogP contribution < -0.4 is 10.6 Å². The third-order valence-electron chi connectivity index (χ3n) is 5.15. The number of ether oxygens (including phenoxy) is 1. The molecule has 1 saturated carbocycles. The fraction of sp³-hybridized carbons (Fsp3) is 0.750. The first-order valence-electron chi connectivity index (χ1n) is 11.6. The molecule has 1 aliphatic carbocycles. The molecule has 31 heavy (non-hydrogen) atoms. The van der Waals surface area contributed by atoms with Crippen molar-refractivity contribution in [3.05, 3.63) is 23.8 Å². The summed E-state index contributed by atoms with van der Waals surface area (Å²) in [6.45, 7) is 8.23. The predicted molar refractivity (Wildman–Crippen MR) is 129 cm³/mol. The average molecular weight is 439 g/mol. The third-order valence-corrected chi connectivity index (χ3v) is 5.15. The van der Waals surface area contributed by atoms with Crippen LogP contribution in [0.1, 0.15) is 59.3 Å². The number of carbonyl (C=O) groups is 2. The Morgan fingerprint density at radius 2 is 1.68 bits per heavy atom. The van der Waals surface area contributed by atoms with Crippen LogP contribution in [0.2, 0.25) is 0 Å². The fourth-order valence-corrected chi connectivity index (χ4v) is 3.48. The van der Waals surface area contributed by atoms with Crippen molar-refractivity contribution < 1.29 is 14.3 Å². The standard InChI is InChI=1S/C22H39N3O3.C2H7N/c1-6-12-19(13-7-2)18-28-20(26)22(14-10-9-11-15-22)23-21(27)25(8-3)17-16-24(4)5;1-3-2/h6,12-13H,7-11,14-18H2,1-5H3,(H,23,27);3H,1-2H3/b12-6-,19-13+;. The highest BCUT2D eigenvalue weighted by molar-refractivity contribution is 5.87. The van der Waals surface area contributed by atoms with Gasteiger partial charge >= 0.3 is 12.0 Å². The van der Waals surface area contributed by atoms with Gasteiger partial charge in [0.25, 0.3) is 0 Å². The molecule has 2 amide bonds. The van der Waals surface area contributed by atoms with Crippen molar-refractivity contribution in [1.82, 2.24) is 20.4 Å². The highest BCUT2D eigenvalue weighted by Gasteiger charge is 2.43. The second-order valence-corrected chi connectivity index (χ2v) is 8.22. The van der Waals surface area contributed by atoms with Crippen LogP contribution >= 0.6 is 0 Å². The Bertz CT molecular complexity index is 567. The normalized spacial score (nSPS) is 15.9. The lowest BCUT2D eigenvalue weighted by Gasteiger charge is -2.37. The molecule has 0 aliphatic heterocycles. The van der Waals surface area contributed by atoms with Gasteiger partial charge in [0, 0.05) is 19.6 Å². The van der Waals surface area contributed by atoms with Gasteiger partial charge in [-0.1, -0.05) is 44.4 Å². The van der Waals surface area contributed by atoms with Crippen LogP contribution in [0.4, 0.5) is 4.79 Å². The Hall–Kier alpha value is -1.86. The van der Waals surface area contributed by atoms with Crippen LogP contribution in [-0.2, 0) is 9.53 Å². The summed E-state index contributed by atoms with van der Waals surface area (Å²) in [6.07, 6.45) is 11.1. The Kier molecular flexibility index (Phi) is 15.8. The molecule has 2 N–H and O–H groups in total. The molecule has 7 nitrogen and oxygen atoms in total. The van der Waals surface area contributed by atoms with Crippen LogP contribution in [0, 0.1) is 0 Å². The van der Waals surface area contributed by atoms with Crippen LogP contribution in [0.5, 0.6) is 0 Å². The summed E-state index contributed by atoms with van der Waals surface area (Å²) in [5.41, 5.74) is 0.0745. The first-order chi connectivity index (χ1) is 14.8. The monoisotopic (exact) mass is 438 g/mol.